The van der Waals surface area contributed by atoms with Gasteiger partial charge in [0.2, 0.25) is 0 Å². The van der Waals surface area contributed by atoms with Gasteiger partial charge in [-0.25, -0.2) is 4.13 Å². The predicted molar refractivity (Wildman–Crippen MR) is 67.8 cm³/mol. The Balaban J connectivity index is 2.78. The van der Waals surface area contributed by atoms with Crippen LogP contribution in [0.15, 0.2) is 24.5 Å². The third-order valence-corrected chi connectivity index (χ3v) is 6.49. The molecule has 0 aliphatic rings. The first-order chi connectivity index (χ1) is 5.81. The van der Waals surface area contributed by atoms with Crippen LogP contribution in [0.5, 0.6) is 0 Å². The number of hydrogen-bond donors (Lipinski definition) is 1. The molecular formula is C9H20N2S2. The zero-order chi connectivity index (χ0) is 10.1. The zero-order valence-electron chi connectivity index (χ0n) is 9.07. The highest BCUT2D eigenvalue weighted by Gasteiger charge is 2.16. The third-order valence-electron chi connectivity index (χ3n) is 1.56. The summed E-state index contributed by atoms with van der Waals surface area (Å²) in [5, 5.41) is 0. The van der Waals surface area contributed by atoms with Crippen LogP contribution in [0.1, 0.15) is 0 Å². The van der Waals surface area contributed by atoms with Crippen molar-refractivity contribution in [1.29, 1.82) is 0 Å². The molecule has 0 aliphatic carbocycles. The molecule has 0 fully saturated rings. The quantitative estimate of drug-likeness (QED) is 0.828. The van der Waals surface area contributed by atoms with E-state index in [1.165, 1.54) is 0 Å². The third kappa shape index (κ3) is 3.29. The average molecular weight is 220 g/mol. The van der Waals surface area contributed by atoms with Crippen LogP contribution in [-0.4, -0.2) is 35.3 Å². The molecule has 78 valence electrons. The lowest BCUT2D eigenvalue weighted by Gasteiger charge is -2.43. The van der Waals surface area contributed by atoms with E-state index < -0.39 is 20.6 Å². The van der Waals surface area contributed by atoms with Crippen LogP contribution in [0.3, 0.4) is 0 Å². The standard InChI is InChI=1S/C9H20N2S2/c1-12(2,3)10-13(4,5)11-8-6-7-9-11/h6-10H,1-5H3. The number of hydrogen-bond acceptors (Lipinski definition) is 1. The first-order valence-corrected chi connectivity index (χ1v) is 9.41. The molecule has 4 heteroatoms. The molecule has 1 rings (SSSR count). The van der Waals surface area contributed by atoms with Crippen molar-refractivity contribution < 1.29 is 0 Å². The molecule has 1 heterocycles. The molecular weight excluding hydrogens is 200 g/mol. The van der Waals surface area contributed by atoms with E-state index in [9.17, 15) is 0 Å². The molecule has 0 radical (unpaired) electrons. The number of nitrogens with one attached hydrogen (secondary N) is 1. The second-order valence-corrected chi connectivity index (χ2v) is 11.5. The lowest BCUT2D eigenvalue weighted by Crippen LogP contribution is -2.25. The van der Waals surface area contributed by atoms with Gasteiger partial charge in [-0.1, -0.05) is 0 Å². The molecule has 1 aromatic heterocycles. The van der Waals surface area contributed by atoms with E-state index in [1.54, 1.807) is 0 Å². The highest BCUT2D eigenvalue weighted by Crippen LogP contribution is 2.47. The van der Waals surface area contributed by atoms with Gasteiger partial charge < -0.3 is 3.97 Å². The predicted octanol–water partition coefficient (Wildman–Crippen LogP) is 2.43. The van der Waals surface area contributed by atoms with Gasteiger partial charge >= 0.3 is 0 Å². The molecule has 0 saturated carbocycles. The number of nitrogens with zero attached hydrogens (tertiary/aromatic N) is 1. The van der Waals surface area contributed by atoms with Gasteiger partial charge in [-0.3, -0.25) is 0 Å². The van der Waals surface area contributed by atoms with Crippen molar-refractivity contribution in [2.75, 3.05) is 31.3 Å². The van der Waals surface area contributed by atoms with Crippen molar-refractivity contribution in [2.24, 2.45) is 0 Å². The van der Waals surface area contributed by atoms with Gasteiger partial charge in [0, 0.05) is 12.4 Å². The molecule has 1 aromatic rings. The summed E-state index contributed by atoms with van der Waals surface area (Å²) in [4.78, 5) is 0. The smallest absolute Gasteiger partial charge is 0.0152 e. The fourth-order valence-electron chi connectivity index (χ4n) is 1.28. The normalized spacial score (nSPS) is 15.8. The Morgan fingerprint density at radius 3 is 1.77 bits per heavy atom. The summed E-state index contributed by atoms with van der Waals surface area (Å²) in [7, 11) is -1.51. The van der Waals surface area contributed by atoms with Gasteiger partial charge in [-0.15, -0.1) is 10.4 Å². The maximum Gasteiger partial charge on any atom is 0.0152 e. The van der Waals surface area contributed by atoms with Crippen molar-refractivity contribution in [2.45, 2.75) is 0 Å². The minimum atomic E-state index is -0.871. The van der Waals surface area contributed by atoms with Crippen LogP contribution in [0.2, 0.25) is 0 Å². The second-order valence-electron chi connectivity index (χ2n) is 4.24. The van der Waals surface area contributed by atoms with Gasteiger partial charge in [0.1, 0.15) is 0 Å². The van der Waals surface area contributed by atoms with Crippen molar-refractivity contribution in [3.8, 4) is 0 Å². The summed E-state index contributed by atoms with van der Waals surface area (Å²) in [6.07, 6.45) is 15.7. The Kier molecular flexibility index (Phi) is 3.05. The highest BCUT2D eigenvalue weighted by molar-refractivity contribution is 8.44. The average Bonchev–Trinajstić information content (AvgIpc) is 2.29. The fraction of sp³-hybridized carbons (Fsp3) is 0.556. The van der Waals surface area contributed by atoms with Crippen molar-refractivity contribution >= 4 is 20.6 Å². The molecule has 0 aliphatic heterocycles. The van der Waals surface area contributed by atoms with Gasteiger partial charge in [-0.2, -0.15) is 10.2 Å². The molecule has 0 aromatic carbocycles. The van der Waals surface area contributed by atoms with Gasteiger partial charge in [-0.05, 0) is 43.4 Å². The molecule has 0 amide bonds. The largest absolute Gasteiger partial charge is 0.305 e. The van der Waals surface area contributed by atoms with Crippen molar-refractivity contribution in [3.05, 3.63) is 24.5 Å². The number of aromatic nitrogens is 1. The van der Waals surface area contributed by atoms with Crippen LogP contribution in [-0.2, 0) is 0 Å². The first kappa shape index (κ1) is 11.0. The molecule has 1 N–H and O–H groups in total. The lowest BCUT2D eigenvalue weighted by molar-refractivity contribution is 1.23. The van der Waals surface area contributed by atoms with E-state index in [1.807, 2.05) is 0 Å². The summed E-state index contributed by atoms with van der Waals surface area (Å²) in [6.45, 7) is 0. The topological polar surface area (TPSA) is 17.0 Å². The van der Waals surface area contributed by atoms with Crippen LogP contribution < -0.4 is 4.13 Å². The molecule has 0 bridgehead atoms. The highest BCUT2D eigenvalue weighted by atomic mass is 32.3. The Morgan fingerprint density at radius 2 is 1.38 bits per heavy atom. The zero-order valence-corrected chi connectivity index (χ0v) is 10.7. The van der Waals surface area contributed by atoms with E-state index in [4.69, 9.17) is 0 Å². The van der Waals surface area contributed by atoms with Crippen molar-refractivity contribution in [1.82, 2.24) is 8.10 Å². The molecule has 0 unspecified atom stereocenters. The summed E-state index contributed by atoms with van der Waals surface area (Å²) in [5.74, 6) is 0. The Bertz CT molecular complexity index is 260. The summed E-state index contributed by atoms with van der Waals surface area (Å²) in [6, 6.07) is 4.16. The van der Waals surface area contributed by atoms with E-state index >= 15 is 0 Å². The minimum absolute atomic E-state index is 0.642. The van der Waals surface area contributed by atoms with E-state index in [0.717, 1.165) is 0 Å². The lowest BCUT2D eigenvalue weighted by atomic mass is 10.7. The fourth-order valence-corrected chi connectivity index (χ4v) is 7.27. The number of rotatable bonds is 3. The summed E-state index contributed by atoms with van der Waals surface area (Å²) >= 11 is 0. The van der Waals surface area contributed by atoms with E-state index in [-0.39, 0.29) is 0 Å². The summed E-state index contributed by atoms with van der Waals surface area (Å²) in [5.41, 5.74) is 0. The van der Waals surface area contributed by atoms with Gasteiger partial charge in [0.05, 0.1) is 0 Å². The van der Waals surface area contributed by atoms with E-state index in [0.29, 0.717) is 0 Å². The van der Waals surface area contributed by atoms with Crippen LogP contribution in [0.4, 0.5) is 0 Å². The monoisotopic (exact) mass is 220 g/mol. The molecule has 0 atom stereocenters. The van der Waals surface area contributed by atoms with E-state index in [2.05, 4.69) is 63.9 Å². The Hall–Kier alpha value is -0.0600. The maximum atomic E-state index is 3.73. The minimum Gasteiger partial charge on any atom is -0.305 e. The van der Waals surface area contributed by atoms with Crippen LogP contribution >= 0.6 is 20.6 Å². The van der Waals surface area contributed by atoms with Crippen LogP contribution in [0, 0.1) is 0 Å². The molecule has 0 saturated heterocycles. The van der Waals surface area contributed by atoms with Crippen molar-refractivity contribution in [3.63, 3.8) is 0 Å². The van der Waals surface area contributed by atoms with Gasteiger partial charge in [0.15, 0.2) is 0 Å². The second kappa shape index (κ2) is 3.59. The summed E-state index contributed by atoms with van der Waals surface area (Å²) < 4.78 is 6.01. The maximum absolute atomic E-state index is 3.73. The molecule has 0 spiro atoms. The SMILES string of the molecule is CS(C)(C)NS(C)(C)n1cccc1. The van der Waals surface area contributed by atoms with Gasteiger partial charge in [0.25, 0.3) is 0 Å². The Labute approximate surface area is 84.7 Å². The first-order valence-electron chi connectivity index (χ1n) is 4.15. The molecule has 13 heavy (non-hydrogen) atoms. The molecule has 2 nitrogen and oxygen atoms in total. The van der Waals surface area contributed by atoms with Crippen LogP contribution in [0.25, 0.3) is 0 Å². The Morgan fingerprint density at radius 1 is 0.923 bits per heavy atom.